The smallest absolute Gasteiger partial charge is 0.339 e. The van der Waals surface area contributed by atoms with Crippen LogP contribution in [-0.4, -0.2) is 5.97 Å². The Morgan fingerprint density at radius 2 is 1.83 bits per heavy atom. The van der Waals surface area contributed by atoms with E-state index in [4.69, 9.17) is 4.74 Å². The number of rotatable bonds is 3. The maximum Gasteiger partial charge on any atom is 0.339 e. The van der Waals surface area contributed by atoms with Gasteiger partial charge in [-0.1, -0.05) is 36.4 Å². The van der Waals surface area contributed by atoms with Gasteiger partial charge in [0.15, 0.2) is 0 Å². The predicted molar refractivity (Wildman–Crippen MR) is 69.7 cm³/mol. The maximum atomic E-state index is 13.2. The lowest BCUT2D eigenvalue weighted by molar-refractivity contribution is 0.0471. The predicted octanol–water partition coefficient (Wildman–Crippen LogP) is 3.95. The molecule has 2 aromatic carbocycles. The molecule has 0 radical (unpaired) electrons. The highest BCUT2D eigenvalue weighted by atomic mass is 79.9. The molecule has 0 aliphatic rings. The van der Waals surface area contributed by atoms with Crippen molar-refractivity contribution in [3.05, 3.63) is 69.9 Å². The minimum absolute atomic E-state index is 0.128. The monoisotopic (exact) mass is 308 g/mol. The molecule has 0 fully saturated rings. The van der Waals surface area contributed by atoms with Gasteiger partial charge in [0.1, 0.15) is 12.4 Å². The van der Waals surface area contributed by atoms with Crippen molar-refractivity contribution in [2.24, 2.45) is 0 Å². The topological polar surface area (TPSA) is 26.3 Å². The van der Waals surface area contributed by atoms with Gasteiger partial charge in [-0.25, -0.2) is 9.18 Å². The molecule has 0 saturated heterocycles. The normalized spacial score (nSPS) is 10.1. The molecule has 0 aliphatic carbocycles. The van der Waals surface area contributed by atoms with Gasteiger partial charge < -0.3 is 4.74 Å². The summed E-state index contributed by atoms with van der Waals surface area (Å²) in [6.45, 7) is 0.169. The van der Waals surface area contributed by atoms with E-state index in [-0.39, 0.29) is 16.6 Å². The van der Waals surface area contributed by atoms with Crippen LogP contribution in [0.15, 0.2) is 53.0 Å². The third kappa shape index (κ3) is 2.96. The molecular weight excluding hydrogens is 299 g/mol. The van der Waals surface area contributed by atoms with Gasteiger partial charge in [-0.2, -0.15) is 0 Å². The summed E-state index contributed by atoms with van der Waals surface area (Å²) < 4.78 is 18.5. The van der Waals surface area contributed by atoms with Gasteiger partial charge in [0.25, 0.3) is 0 Å². The number of carbonyl (C=O) groups is 1. The zero-order chi connectivity index (χ0) is 13.0. The lowest BCUT2D eigenvalue weighted by atomic mass is 10.2. The van der Waals surface area contributed by atoms with Crippen LogP contribution in [0.25, 0.3) is 0 Å². The lowest BCUT2D eigenvalue weighted by Gasteiger charge is -2.06. The highest BCUT2D eigenvalue weighted by Gasteiger charge is 2.14. The quantitative estimate of drug-likeness (QED) is 0.803. The molecule has 0 atom stereocenters. The molecule has 18 heavy (non-hydrogen) atoms. The van der Waals surface area contributed by atoms with Crippen LogP contribution >= 0.6 is 15.9 Å². The first-order chi connectivity index (χ1) is 8.68. The summed E-state index contributed by atoms with van der Waals surface area (Å²) in [6, 6.07) is 13.6. The average molecular weight is 309 g/mol. The van der Waals surface area contributed by atoms with Crippen molar-refractivity contribution in [2.75, 3.05) is 0 Å². The fourth-order valence-corrected chi connectivity index (χ4v) is 1.89. The largest absolute Gasteiger partial charge is 0.457 e. The molecule has 0 aliphatic heterocycles. The Bertz CT molecular complexity index is 555. The third-order valence-electron chi connectivity index (χ3n) is 2.38. The number of benzene rings is 2. The van der Waals surface area contributed by atoms with Gasteiger partial charge in [0.2, 0.25) is 0 Å². The second-order valence-electron chi connectivity index (χ2n) is 3.66. The summed E-state index contributed by atoms with van der Waals surface area (Å²) in [5.41, 5.74) is 1.07. The summed E-state index contributed by atoms with van der Waals surface area (Å²) >= 11 is 3.03. The lowest BCUT2D eigenvalue weighted by Crippen LogP contribution is -2.06. The van der Waals surface area contributed by atoms with Crippen LogP contribution in [-0.2, 0) is 11.3 Å². The molecule has 0 bridgehead atoms. The number of esters is 1. The zero-order valence-corrected chi connectivity index (χ0v) is 11.0. The highest BCUT2D eigenvalue weighted by Crippen LogP contribution is 2.21. The minimum Gasteiger partial charge on any atom is -0.457 e. The first-order valence-corrected chi connectivity index (χ1v) is 6.13. The van der Waals surface area contributed by atoms with E-state index < -0.39 is 11.8 Å². The first-order valence-electron chi connectivity index (χ1n) is 5.33. The molecule has 0 aromatic heterocycles. The Balaban J connectivity index is 2.07. The van der Waals surface area contributed by atoms with Crippen molar-refractivity contribution >= 4 is 21.9 Å². The van der Waals surface area contributed by atoms with Crippen molar-refractivity contribution < 1.29 is 13.9 Å². The second-order valence-corrected chi connectivity index (χ2v) is 4.46. The summed E-state index contributed by atoms with van der Waals surface area (Å²) in [6.07, 6.45) is 0. The van der Waals surface area contributed by atoms with Crippen molar-refractivity contribution in [3.8, 4) is 0 Å². The van der Waals surface area contributed by atoms with Gasteiger partial charge in [0, 0.05) is 0 Å². The van der Waals surface area contributed by atoms with Crippen molar-refractivity contribution in [1.29, 1.82) is 0 Å². The highest BCUT2D eigenvalue weighted by molar-refractivity contribution is 9.10. The van der Waals surface area contributed by atoms with Gasteiger partial charge in [-0.05, 0) is 33.6 Å². The Kier molecular flexibility index (Phi) is 4.10. The fraction of sp³-hybridized carbons (Fsp3) is 0.0714. The number of ether oxygens (including phenoxy) is 1. The van der Waals surface area contributed by atoms with E-state index >= 15 is 0 Å². The van der Waals surface area contributed by atoms with Gasteiger partial charge >= 0.3 is 5.97 Å². The van der Waals surface area contributed by atoms with Crippen molar-refractivity contribution in [1.82, 2.24) is 0 Å². The molecular formula is C14H10BrFO2. The summed E-state index contributed by atoms with van der Waals surface area (Å²) in [4.78, 5) is 11.8. The van der Waals surface area contributed by atoms with Crippen LogP contribution in [0.2, 0.25) is 0 Å². The minimum atomic E-state index is -0.551. The number of halogens is 2. The number of hydrogen-bond donors (Lipinski definition) is 0. The number of hydrogen-bond acceptors (Lipinski definition) is 2. The summed E-state index contributed by atoms with van der Waals surface area (Å²) in [5, 5.41) is 0. The van der Waals surface area contributed by atoms with E-state index in [0.29, 0.717) is 0 Å². The first kappa shape index (κ1) is 12.8. The van der Waals surface area contributed by atoms with E-state index in [1.165, 1.54) is 18.2 Å². The SMILES string of the molecule is O=C(OCc1ccccc1)c1cccc(F)c1Br. The zero-order valence-electron chi connectivity index (χ0n) is 9.40. The summed E-state index contributed by atoms with van der Waals surface area (Å²) in [5.74, 6) is -1.03. The fourth-order valence-electron chi connectivity index (χ4n) is 1.46. The molecule has 92 valence electrons. The van der Waals surface area contributed by atoms with E-state index in [1.54, 1.807) is 0 Å². The van der Waals surface area contributed by atoms with Gasteiger partial charge in [-0.3, -0.25) is 0 Å². The number of carbonyl (C=O) groups excluding carboxylic acids is 1. The van der Waals surface area contributed by atoms with Crippen LogP contribution in [0, 0.1) is 5.82 Å². The van der Waals surface area contributed by atoms with Crippen LogP contribution in [0.5, 0.6) is 0 Å². The molecule has 0 spiro atoms. The van der Waals surface area contributed by atoms with Crippen molar-refractivity contribution in [2.45, 2.75) is 6.61 Å². The Labute approximate surface area is 113 Å². The Hall–Kier alpha value is -1.68. The van der Waals surface area contributed by atoms with E-state index in [0.717, 1.165) is 5.56 Å². The molecule has 2 nitrogen and oxygen atoms in total. The molecule has 0 heterocycles. The van der Waals surface area contributed by atoms with Crippen LogP contribution in [0.4, 0.5) is 4.39 Å². The Morgan fingerprint density at radius 3 is 2.56 bits per heavy atom. The van der Waals surface area contributed by atoms with E-state index in [2.05, 4.69) is 15.9 Å². The van der Waals surface area contributed by atoms with Crippen molar-refractivity contribution in [3.63, 3.8) is 0 Å². The van der Waals surface area contributed by atoms with E-state index in [9.17, 15) is 9.18 Å². The van der Waals surface area contributed by atoms with E-state index in [1.807, 2.05) is 30.3 Å². The second kappa shape index (κ2) is 5.78. The van der Waals surface area contributed by atoms with Crippen LogP contribution in [0.1, 0.15) is 15.9 Å². The molecule has 0 amide bonds. The maximum absolute atomic E-state index is 13.2. The Morgan fingerprint density at radius 1 is 1.11 bits per heavy atom. The molecule has 0 N–H and O–H groups in total. The molecule has 0 saturated carbocycles. The average Bonchev–Trinajstić information content (AvgIpc) is 2.40. The standard InChI is InChI=1S/C14H10BrFO2/c15-13-11(7-4-8-12(13)16)14(17)18-9-10-5-2-1-3-6-10/h1-8H,9H2. The van der Waals surface area contributed by atoms with Crippen LogP contribution in [0.3, 0.4) is 0 Å². The van der Waals surface area contributed by atoms with Gasteiger partial charge in [-0.15, -0.1) is 0 Å². The molecule has 0 unspecified atom stereocenters. The molecule has 4 heteroatoms. The molecule has 2 aromatic rings. The summed E-state index contributed by atoms with van der Waals surface area (Å²) in [7, 11) is 0. The van der Waals surface area contributed by atoms with Gasteiger partial charge in [0.05, 0.1) is 10.0 Å². The van der Waals surface area contributed by atoms with Crippen LogP contribution < -0.4 is 0 Å². The molecule has 2 rings (SSSR count). The third-order valence-corrected chi connectivity index (χ3v) is 3.19.